The van der Waals surface area contributed by atoms with Gasteiger partial charge in [-0.15, -0.1) is 0 Å². The Hall–Kier alpha value is -4.85. The summed E-state index contributed by atoms with van der Waals surface area (Å²) in [7, 11) is 0. The van der Waals surface area contributed by atoms with E-state index in [4.69, 9.17) is 4.74 Å². The van der Waals surface area contributed by atoms with Crippen molar-refractivity contribution in [3.05, 3.63) is 125 Å². The summed E-state index contributed by atoms with van der Waals surface area (Å²) in [5, 5.41) is 2.76. The van der Waals surface area contributed by atoms with Crippen LogP contribution in [0.2, 0.25) is 0 Å². The molecule has 0 unspecified atom stereocenters. The van der Waals surface area contributed by atoms with Gasteiger partial charge < -0.3 is 10.1 Å². The van der Waals surface area contributed by atoms with Crippen LogP contribution in [0.1, 0.15) is 42.2 Å². The minimum Gasteiger partial charge on any atom is -0.453 e. The van der Waals surface area contributed by atoms with Gasteiger partial charge in [-0.3, -0.25) is 24.3 Å². The van der Waals surface area contributed by atoms with Gasteiger partial charge in [-0.05, 0) is 59.7 Å². The van der Waals surface area contributed by atoms with E-state index in [0.717, 1.165) is 0 Å². The number of carbonyl (C=O) groups is 3. The number of aromatic nitrogens is 1. The third-order valence-corrected chi connectivity index (χ3v) is 5.75. The molecule has 178 valence electrons. The van der Waals surface area contributed by atoms with E-state index in [1.54, 1.807) is 72.9 Å². The van der Waals surface area contributed by atoms with Gasteiger partial charge in [0.2, 0.25) is 0 Å². The van der Waals surface area contributed by atoms with E-state index < -0.39 is 5.82 Å². The predicted molar refractivity (Wildman–Crippen MR) is 129 cm³/mol. The number of carbonyl (C=O) groups excluding carboxylic acids is 3. The van der Waals surface area contributed by atoms with Crippen LogP contribution in [0.25, 0.3) is 0 Å². The molecule has 0 saturated carbocycles. The molecule has 0 atom stereocenters. The molecule has 1 aromatic heterocycles. The molecule has 4 aromatic rings. The Balaban J connectivity index is 1.18. The zero-order valence-corrected chi connectivity index (χ0v) is 19.0. The Labute approximate surface area is 206 Å². The van der Waals surface area contributed by atoms with E-state index in [1.165, 1.54) is 23.2 Å². The van der Waals surface area contributed by atoms with Crippen LogP contribution in [-0.2, 0) is 13.1 Å². The molecule has 1 N–H and O–H groups in total. The standard InChI is InChI=1S/C28H20FN3O4/c29-24-14-19(9-12-25(24)36-21-4-3-13-30-16-21)15-31-26(33)20-10-7-18(8-11-20)17-32-27(34)22-5-1-2-6-23(22)28(32)35/h1-14,16H,15,17H2,(H,31,33). The zero-order chi connectivity index (χ0) is 25.1. The average molecular weight is 481 g/mol. The number of hydrogen-bond donors (Lipinski definition) is 1. The summed E-state index contributed by atoms with van der Waals surface area (Å²) < 4.78 is 19.9. The second kappa shape index (κ2) is 9.79. The van der Waals surface area contributed by atoms with Crippen molar-refractivity contribution in [1.29, 1.82) is 0 Å². The SMILES string of the molecule is O=C(NCc1ccc(Oc2cccnc2)c(F)c1)c1ccc(CN2C(=O)c3ccccc3C2=O)cc1. The fourth-order valence-electron chi connectivity index (χ4n) is 3.88. The number of pyridine rings is 1. The van der Waals surface area contributed by atoms with E-state index in [-0.39, 0.29) is 36.6 Å². The van der Waals surface area contributed by atoms with E-state index in [2.05, 4.69) is 10.3 Å². The molecule has 5 rings (SSSR count). The maximum absolute atomic E-state index is 14.4. The monoisotopic (exact) mass is 481 g/mol. The van der Waals surface area contributed by atoms with Crippen molar-refractivity contribution in [2.45, 2.75) is 13.1 Å². The molecule has 0 fully saturated rings. The Kier molecular flexibility index (Phi) is 6.23. The van der Waals surface area contributed by atoms with Gasteiger partial charge in [-0.25, -0.2) is 4.39 Å². The lowest BCUT2D eigenvalue weighted by atomic mass is 10.1. The first-order valence-corrected chi connectivity index (χ1v) is 11.2. The molecule has 0 saturated heterocycles. The quantitative estimate of drug-likeness (QED) is 0.385. The maximum Gasteiger partial charge on any atom is 0.261 e. The molecule has 7 nitrogen and oxygen atoms in total. The van der Waals surface area contributed by atoms with Crippen molar-refractivity contribution in [1.82, 2.24) is 15.2 Å². The van der Waals surface area contributed by atoms with Crippen molar-refractivity contribution in [2.75, 3.05) is 0 Å². The van der Waals surface area contributed by atoms with Gasteiger partial charge >= 0.3 is 0 Å². The minimum absolute atomic E-state index is 0.0618. The average Bonchev–Trinajstić information content (AvgIpc) is 3.14. The first-order valence-electron chi connectivity index (χ1n) is 11.2. The third-order valence-electron chi connectivity index (χ3n) is 5.75. The fourth-order valence-corrected chi connectivity index (χ4v) is 3.88. The zero-order valence-electron chi connectivity index (χ0n) is 19.0. The lowest BCUT2D eigenvalue weighted by molar-refractivity contribution is 0.0641. The minimum atomic E-state index is -0.553. The summed E-state index contributed by atoms with van der Waals surface area (Å²) in [6.45, 7) is 0.237. The topological polar surface area (TPSA) is 88.6 Å². The molecule has 3 amide bonds. The van der Waals surface area contributed by atoms with Crippen LogP contribution in [0.15, 0.2) is 91.3 Å². The molecular weight excluding hydrogens is 461 g/mol. The highest BCUT2D eigenvalue weighted by molar-refractivity contribution is 6.21. The summed E-state index contributed by atoms with van der Waals surface area (Å²) in [6, 6.07) is 21.2. The van der Waals surface area contributed by atoms with Crippen molar-refractivity contribution < 1.29 is 23.5 Å². The molecule has 2 heterocycles. The molecule has 36 heavy (non-hydrogen) atoms. The predicted octanol–water partition coefficient (Wildman–Crippen LogP) is 4.74. The van der Waals surface area contributed by atoms with Gasteiger partial charge in [-0.1, -0.05) is 30.3 Å². The van der Waals surface area contributed by atoms with Crippen LogP contribution in [0.3, 0.4) is 0 Å². The highest BCUT2D eigenvalue weighted by Crippen LogP contribution is 2.25. The molecule has 0 bridgehead atoms. The maximum atomic E-state index is 14.4. The number of nitrogens with zero attached hydrogens (tertiary/aromatic N) is 2. The second-order valence-electron chi connectivity index (χ2n) is 8.18. The van der Waals surface area contributed by atoms with Gasteiger partial charge in [-0.2, -0.15) is 0 Å². The molecule has 1 aliphatic heterocycles. The first kappa shape index (κ1) is 22.9. The Morgan fingerprint density at radius 1 is 0.889 bits per heavy atom. The second-order valence-corrected chi connectivity index (χ2v) is 8.18. The molecule has 0 aliphatic carbocycles. The number of amides is 3. The van der Waals surface area contributed by atoms with Gasteiger partial charge in [0.25, 0.3) is 17.7 Å². The molecule has 0 radical (unpaired) electrons. The highest BCUT2D eigenvalue weighted by atomic mass is 19.1. The Bertz CT molecular complexity index is 1420. The Morgan fingerprint density at radius 2 is 1.58 bits per heavy atom. The number of benzene rings is 3. The number of nitrogens with one attached hydrogen (secondary N) is 1. The smallest absolute Gasteiger partial charge is 0.261 e. The summed E-state index contributed by atoms with van der Waals surface area (Å²) in [5.41, 5.74) is 2.48. The summed E-state index contributed by atoms with van der Waals surface area (Å²) in [4.78, 5) is 42.8. The fraction of sp³-hybridized carbons (Fsp3) is 0.0714. The summed E-state index contributed by atoms with van der Waals surface area (Å²) in [5.74, 6) is -1.07. The van der Waals surface area contributed by atoms with Crippen LogP contribution in [0.5, 0.6) is 11.5 Å². The molecule has 3 aromatic carbocycles. The number of imide groups is 1. The van der Waals surface area contributed by atoms with Gasteiger partial charge in [0.15, 0.2) is 11.6 Å². The van der Waals surface area contributed by atoms with E-state index in [0.29, 0.717) is 33.6 Å². The van der Waals surface area contributed by atoms with Gasteiger partial charge in [0, 0.05) is 18.3 Å². The van der Waals surface area contributed by atoms with Crippen LogP contribution < -0.4 is 10.1 Å². The number of rotatable bonds is 7. The van der Waals surface area contributed by atoms with Crippen LogP contribution in [0, 0.1) is 5.82 Å². The van der Waals surface area contributed by atoms with Crippen LogP contribution >= 0.6 is 0 Å². The highest BCUT2D eigenvalue weighted by Gasteiger charge is 2.34. The molecule has 8 heteroatoms. The normalized spacial score (nSPS) is 12.4. The van der Waals surface area contributed by atoms with Crippen molar-refractivity contribution in [2.24, 2.45) is 0 Å². The first-order chi connectivity index (χ1) is 17.5. The summed E-state index contributed by atoms with van der Waals surface area (Å²) >= 11 is 0. The van der Waals surface area contributed by atoms with E-state index in [9.17, 15) is 18.8 Å². The van der Waals surface area contributed by atoms with Crippen molar-refractivity contribution in [3.63, 3.8) is 0 Å². The molecule has 0 spiro atoms. The van der Waals surface area contributed by atoms with E-state index >= 15 is 0 Å². The van der Waals surface area contributed by atoms with Gasteiger partial charge in [0.1, 0.15) is 5.75 Å². The molecular formula is C28H20FN3O4. The van der Waals surface area contributed by atoms with E-state index in [1.807, 2.05) is 0 Å². The van der Waals surface area contributed by atoms with Crippen LogP contribution in [-0.4, -0.2) is 27.6 Å². The van der Waals surface area contributed by atoms with Crippen LogP contribution in [0.4, 0.5) is 4.39 Å². The van der Waals surface area contributed by atoms with Crippen molar-refractivity contribution >= 4 is 17.7 Å². The largest absolute Gasteiger partial charge is 0.453 e. The van der Waals surface area contributed by atoms with Gasteiger partial charge in [0.05, 0.1) is 23.9 Å². The number of fused-ring (bicyclic) bond motifs is 1. The lowest BCUT2D eigenvalue weighted by Gasteiger charge is -2.14. The third kappa shape index (κ3) is 4.69. The number of ether oxygens (including phenoxy) is 1. The van der Waals surface area contributed by atoms with Crippen molar-refractivity contribution in [3.8, 4) is 11.5 Å². The Morgan fingerprint density at radius 3 is 2.22 bits per heavy atom. The molecule has 1 aliphatic rings. The number of halogens is 1. The lowest BCUT2D eigenvalue weighted by Crippen LogP contribution is -2.29. The number of hydrogen-bond acceptors (Lipinski definition) is 5. The summed E-state index contributed by atoms with van der Waals surface area (Å²) in [6.07, 6.45) is 3.08.